The third-order valence-electron chi connectivity index (χ3n) is 10.3. The molecule has 0 saturated carbocycles. The lowest BCUT2D eigenvalue weighted by molar-refractivity contribution is 1.40. The predicted octanol–water partition coefficient (Wildman–Crippen LogP) is 13.5. The zero-order valence-corrected chi connectivity index (χ0v) is 27.3. The SMILES string of the molecule is c1ccc(-c2cc(-c3ccc(-c4ccc(-c5cc6ccccc6c6ccccc56)c5ccccc45)cc3)c3c(ccc4ccccc43)n2)cc1. The fraction of sp³-hybridized carbons (Fsp3) is 0. The molecule has 0 fully saturated rings. The Morgan fingerprint density at radius 1 is 0.280 bits per heavy atom. The summed E-state index contributed by atoms with van der Waals surface area (Å²) in [5, 5.41) is 11.3. The summed E-state index contributed by atoms with van der Waals surface area (Å²) in [4.78, 5) is 5.15. The molecular formula is C49H31N. The Labute approximate surface area is 290 Å². The molecule has 0 amide bonds. The molecule has 0 aliphatic carbocycles. The van der Waals surface area contributed by atoms with Crippen LogP contribution in [0.1, 0.15) is 0 Å². The van der Waals surface area contributed by atoms with E-state index >= 15 is 0 Å². The van der Waals surface area contributed by atoms with Crippen molar-refractivity contribution in [2.45, 2.75) is 0 Å². The number of benzene rings is 9. The van der Waals surface area contributed by atoms with Gasteiger partial charge in [-0.15, -0.1) is 0 Å². The standard InChI is InChI=1S/C49H31N/c1-2-13-35(14-3-1)48-31-45(49-39-17-7-4-12-32(39)26-29-47(49)50-48)34-24-22-33(23-25-34)38-27-28-44(42-20-10-8-19-41(38)42)46-30-36-15-5-6-16-37(36)40-18-9-11-21-43(40)46/h1-31H. The van der Waals surface area contributed by atoms with Gasteiger partial charge in [0.2, 0.25) is 0 Å². The molecule has 1 nitrogen and oxygen atoms in total. The van der Waals surface area contributed by atoms with Gasteiger partial charge in [0.25, 0.3) is 0 Å². The van der Waals surface area contributed by atoms with Crippen molar-refractivity contribution in [3.8, 4) is 44.6 Å². The molecule has 9 aromatic carbocycles. The molecule has 1 heteroatoms. The van der Waals surface area contributed by atoms with Crippen LogP contribution in [0, 0.1) is 0 Å². The smallest absolute Gasteiger partial charge is 0.0722 e. The Balaban J connectivity index is 1.13. The number of rotatable bonds is 4. The summed E-state index contributed by atoms with van der Waals surface area (Å²) in [5.41, 5.74) is 10.4. The molecule has 1 aromatic heterocycles. The summed E-state index contributed by atoms with van der Waals surface area (Å²) in [6.07, 6.45) is 0. The minimum absolute atomic E-state index is 0.982. The largest absolute Gasteiger partial charge is 0.248 e. The van der Waals surface area contributed by atoms with Crippen molar-refractivity contribution in [1.82, 2.24) is 4.98 Å². The zero-order chi connectivity index (χ0) is 33.0. The van der Waals surface area contributed by atoms with Crippen LogP contribution in [0.2, 0.25) is 0 Å². The molecular weight excluding hydrogens is 603 g/mol. The molecule has 0 spiro atoms. The van der Waals surface area contributed by atoms with Crippen molar-refractivity contribution in [3.05, 3.63) is 188 Å². The highest BCUT2D eigenvalue weighted by Gasteiger charge is 2.16. The van der Waals surface area contributed by atoms with Gasteiger partial charge in [-0.05, 0) is 94.7 Å². The van der Waals surface area contributed by atoms with E-state index in [2.05, 4.69) is 188 Å². The van der Waals surface area contributed by atoms with Gasteiger partial charge in [-0.2, -0.15) is 0 Å². The number of pyridine rings is 1. The molecule has 0 aliphatic rings. The number of aromatic nitrogens is 1. The van der Waals surface area contributed by atoms with E-state index in [0.29, 0.717) is 0 Å². The summed E-state index contributed by atoms with van der Waals surface area (Å²) in [7, 11) is 0. The first kappa shape index (κ1) is 28.4. The van der Waals surface area contributed by atoms with Crippen LogP contribution in [-0.4, -0.2) is 4.98 Å². The Kier molecular flexibility index (Phi) is 6.57. The first-order chi connectivity index (χ1) is 24.8. The second-order valence-corrected chi connectivity index (χ2v) is 13.1. The Morgan fingerprint density at radius 3 is 1.56 bits per heavy atom. The van der Waals surface area contributed by atoms with Crippen LogP contribution in [-0.2, 0) is 0 Å². The fourth-order valence-electron chi connectivity index (χ4n) is 7.88. The van der Waals surface area contributed by atoms with Crippen LogP contribution in [0.5, 0.6) is 0 Å². The number of hydrogen-bond acceptors (Lipinski definition) is 1. The first-order valence-corrected chi connectivity index (χ1v) is 17.2. The number of nitrogens with zero attached hydrogens (tertiary/aromatic N) is 1. The fourth-order valence-corrected chi connectivity index (χ4v) is 7.88. The molecule has 232 valence electrons. The highest BCUT2D eigenvalue weighted by atomic mass is 14.7. The van der Waals surface area contributed by atoms with Crippen molar-refractivity contribution in [2.75, 3.05) is 0 Å². The lowest BCUT2D eigenvalue weighted by Gasteiger charge is -2.16. The van der Waals surface area contributed by atoms with Crippen molar-refractivity contribution < 1.29 is 0 Å². The van der Waals surface area contributed by atoms with Gasteiger partial charge >= 0.3 is 0 Å². The minimum atomic E-state index is 0.982. The van der Waals surface area contributed by atoms with E-state index in [4.69, 9.17) is 4.98 Å². The van der Waals surface area contributed by atoms with Crippen molar-refractivity contribution in [1.29, 1.82) is 0 Å². The molecule has 0 atom stereocenters. The maximum atomic E-state index is 5.15. The van der Waals surface area contributed by atoms with Crippen molar-refractivity contribution in [2.24, 2.45) is 0 Å². The molecule has 0 saturated heterocycles. The average Bonchev–Trinajstić information content (AvgIpc) is 3.20. The van der Waals surface area contributed by atoms with Crippen LogP contribution >= 0.6 is 0 Å². The van der Waals surface area contributed by atoms with Gasteiger partial charge in [0.15, 0.2) is 0 Å². The molecule has 1 heterocycles. The van der Waals surface area contributed by atoms with Gasteiger partial charge in [0, 0.05) is 10.9 Å². The predicted molar refractivity (Wildman–Crippen MR) is 214 cm³/mol. The highest BCUT2D eigenvalue weighted by Crippen LogP contribution is 2.42. The Bertz CT molecular complexity index is 2900. The highest BCUT2D eigenvalue weighted by molar-refractivity contribution is 6.17. The number of hydrogen-bond donors (Lipinski definition) is 0. The van der Waals surface area contributed by atoms with Crippen molar-refractivity contribution in [3.63, 3.8) is 0 Å². The Morgan fingerprint density at radius 2 is 0.820 bits per heavy atom. The second-order valence-electron chi connectivity index (χ2n) is 13.1. The van der Waals surface area contributed by atoms with E-state index in [1.54, 1.807) is 0 Å². The third-order valence-corrected chi connectivity index (χ3v) is 10.3. The van der Waals surface area contributed by atoms with Crippen LogP contribution in [0.15, 0.2) is 188 Å². The molecule has 0 unspecified atom stereocenters. The van der Waals surface area contributed by atoms with E-state index < -0.39 is 0 Å². The lowest BCUT2D eigenvalue weighted by atomic mass is 9.88. The monoisotopic (exact) mass is 633 g/mol. The van der Waals surface area contributed by atoms with E-state index in [1.807, 2.05) is 0 Å². The molecule has 50 heavy (non-hydrogen) atoms. The van der Waals surface area contributed by atoms with E-state index in [1.165, 1.54) is 81.9 Å². The molecule has 0 bridgehead atoms. The lowest BCUT2D eigenvalue weighted by Crippen LogP contribution is -1.92. The summed E-state index contributed by atoms with van der Waals surface area (Å²) < 4.78 is 0. The zero-order valence-electron chi connectivity index (χ0n) is 27.3. The van der Waals surface area contributed by atoms with E-state index in [-0.39, 0.29) is 0 Å². The maximum Gasteiger partial charge on any atom is 0.0722 e. The summed E-state index contributed by atoms with van der Waals surface area (Å²) in [5.74, 6) is 0. The minimum Gasteiger partial charge on any atom is -0.248 e. The molecule has 0 aliphatic heterocycles. The van der Waals surface area contributed by atoms with Gasteiger partial charge in [-0.25, -0.2) is 4.98 Å². The van der Waals surface area contributed by atoms with Crippen molar-refractivity contribution >= 4 is 54.0 Å². The second kappa shape index (κ2) is 11.5. The topological polar surface area (TPSA) is 12.9 Å². The molecule has 10 aromatic rings. The van der Waals surface area contributed by atoms with E-state index in [9.17, 15) is 0 Å². The van der Waals surface area contributed by atoms with Gasteiger partial charge in [-0.1, -0.05) is 170 Å². The van der Waals surface area contributed by atoms with Gasteiger partial charge in [0.05, 0.1) is 11.2 Å². The number of fused-ring (bicyclic) bond motifs is 7. The van der Waals surface area contributed by atoms with Gasteiger partial charge in [0.1, 0.15) is 0 Å². The van der Waals surface area contributed by atoms with Crippen LogP contribution in [0.4, 0.5) is 0 Å². The third kappa shape index (κ3) is 4.59. The van der Waals surface area contributed by atoms with Crippen LogP contribution in [0.25, 0.3) is 98.6 Å². The Hall–Kier alpha value is -6.57. The molecule has 10 rings (SSSR count). The summed E-state index contributed by atoms with van der Waals surface area (Å²) in [6.45, 7) is 0. The van der Waals surface area contributed by atoms with E-state index in [0.717, 1.165) is 16.8 Å². The van der Waals surface area contributed by atoms with Crippen LogP contribution < -0.4 is 0 Å². The van der Waals surface area contributed by atoms with Gasteiger partial charge in [-0.3, -0.25) is 0 Å². The summed E-state index contributed by atoms with van der Waals surface area (Å²) in [6, 6.07) is 68.2. The normalized spacial score (nSPS) is 11.6. The quantitative estimate of drug-likeness (QED) is 0.176. The van der Waals surface area contributed by atoms with Gasteiger partial charge < -0.3 is 0 Å². The molecule has 0 N–H and O–H groups in total. The van der Waals surface area contributed by atoms with Crippen LogP contribution in [0.3, 0.4) is 0 Å². The average molecular weight is 634 g/mol. The maximum absolute atomic E-state index is 5.15. The molecule has 0 radical (unpaired) electrons. The summed E-state index contributed by atoms with van der Waals surface area (Å²) >= 11 is 0. The first-order valence-electron chi connectivity index (χ1n) is 17.2.